The Morgan fingerprint density at radius 1 is 1.42 bits per heavy atom. The van der Waals surface area contributed by atoms with Crippen LogP contribution in [0.25, 0.3) is 0 Å². The molecular formula is C25H30O5S. The van der Waals surface area contributed by atoms with Crippen LogP contribution in [0.2, 0.25) is 0 Å². The van der Waals surface area contributed by atoms with Crippen LogP contribution < -0.4 is 0 Å². The van der Waals surface area contributed by atoms with Crippen LogP contribution in [0.3, 0.4) is 0 Å². The van der Waals surface area contributed by atoms with E-state index < -0.39 is 5.41 Å². The number of cyclic esters (lactones) is 1. The van der Waals surface area contributed by atoms with Gasteiger partial charge < -0.3 is 14.6 Å². The van der Waals surface area contributed by atoms with E-state index in [-0.39, 0.29) is 41.9 Å². The predicted molar refractivity (Wildman–Crippen MR) is 119 cm³/mol. The monoisotopic (exact) mass is 442 g/mol. The molecular weight excluding hydrogens is 412 g/mol. The number of carbonyl (C=O) groups is 2. The van der Waals surface area contributed by atoms with Crippen LogP contribution in [0.15, 0.2) is 53.7 Å². The minimum Gasteiger partial charge on any atom is -0.458 e. The van der Waals surface area contributed by atoms with Gasteiger partial charge >= 0.3 is 11.9 Å². The zero-order valence-electron chi connectivity index (χ0n) is 18.1. The molecule has 0 aromatic carbocycles. The van der Waals surface area contributed by atoms with E-state index in [1.54, 1.807) is 12.1 Å². The predicted octanol–water partition coefficient (Wildman–Crippen LogP) is 5.04. The Labute approximate surface area is 187 Å². The number of thiophene rings is 1. The summed E-state index contributed by atoms with van der Waals surface area (Å²) in [5, 5.41) is 12.4. The summed E-state index contributed by atoms with van der Waals surface area (Å²) in [5.74, 6) is -0.246. The Kier molecular flexibility index (Phi) is 5.97. The van der Waals surface area contributed by atoms with Crippen molar-refractivity contribution >= 4 is 23.3 Å². The van der Waals surface area contributed by atoms with E-state index in [4.69, 9.17) is 9.47 Å². The number of esters is 2. The first-order chi connectivity index (χ1) is 14.8. The van der Waals surface area contributed by atoms with Crippen LogP contribution in [0.5, 0.6) is 0 Å². The highest BCUT2D eigenvalue weighted by Gasteiger charge is 2.58. The third-order valence-corrected chi connectivity index (χ3v) is 8.71. The molecule has 1 unspecified atom stereocenters. The number of rotatable bonds is 5. The summed E-state index contributed by atoms with van der Waals surface area (Å²) >= 11 is 1.37. The number of ether oxygens (including phenoxy) is 2. The van der Waals surface area contributed by atoms with Crippen LogP contribution in [0.1, 0.15) is 55.6 Å². The molecule has 0 spiro atoms. The molecule has 5 nitrogen and oxygen atoms in total. The molecule has 2 saturated carbocycles. The first kappa shape index (κ1) is 22.0. The molecule has 2 heterocycles. The van der Waals surface area contributed by atoms with E-state index in [2.05, 4.69) is 20.4 Å². The molecule has 0 amide bonds. The molecule has 1 aromatic rings. The van der Waals surface area contributed by atoms with Crippen LogP contribution in [-0.2, 0) is 14.3 Å². The lowest BCUT2D eigenvalue weighted by Crippen LogP contribution is -2.58. The second-order valence-corrected chi connectivity index (χ2v) is 10.4. The Hall–Kier alpha value is -2.18. The van der Waals surface area contributed by atoms with Gasteiger partial charge in [-0.05, 0) is 66.9 Å². The van der Waals surface area contributed by atoms with Gasteiger partial charge in [0.15, 0.2) is 0 Å². The van der Waals surface area contributed by atoms with Gasteiger partial charge in [0.05, 0.1) is 18.4 Å². The van der Waals surface area contributed by atoms with Crippen molar-refractivity contribution in [2.45, 2.75) is 52.1 Å². The molecule has 0 bridgehead atoms. The fourth-order valence-electron chi connectivity index (χ4n) is 6.10. The van der Waals surface area contributed by atoms with E-state index in [0.29, 0.717) is 23.3 Å². The fourth-order valence-corrected chi connectivity index (χ4v) is 6.70. The maximum atomic E-state index is 12.6. The number of allylic oxidation sites excluding steroid dienone is 2. The van der Waals surface area contributed by atoms with Crippen LogP contribution in [0.4, 0.5) is 0 Å². The van der Waals surface area contributed by atoms with Gasteiger partial charge in [0.25, 0.3) is 0 Å². The lowest BCUT2D eigenvalue weighted by molar-refractivity contribution is -0.153. The first-order valence-corrected chi connectivity index (χ1v) is 11.8. The van der Waals surface area contributed by atoms with Gasteiger partial charge in [0, 0.05) is 5.41 Å². The summed E-state index contributed by atoms with van der Waals surface area (Å²) in [6.07, 6.45) is 8.81. The second-order valence-electron chi connectivity index (χ2n) is 9.48. The molecule has 166 valence electrons. The number of aliphatic hydroxyl groups is 1. The normalized spacial score (nSPS) is 36.4. The van der Waals surface area contributed by atoms with Crippen molar-refractivity contribution in [2.24, 2.45) is 22.7 Å². The van der Waals surface area contributed by atoms with Gasteiger partial charge in [-0.15, -0.1) is 11.3 Å². The Morgan fingerprint density at radius 2 is 2.23 bits per heavy atom. The summed E-state index contributed by atoms with van der Waals surface area (Å²) < 4.78 is 10.9. The molecule has 4 rings (SSSR count). The average Bonchev–Trinajstić information content (AvgIpc) is 3.42. The molecule has 1 N–H and O–H groups in total. The highest BCUT2D eigenvalue weighted by molar-refractivity contribution is 7.11. The second kappa shape index (κ2) is 8.40. The van der Waals surface area contributed by atoms with Gasteiger partial charge in [-0.25, -0.2) is 9.59 Å². The molecule has 6 heteroatoms. The average molecular weight is 443 g/mol. The molecule has 0 radical (unpaired) electrons. The lowest BCUT2D eigenvalue weighted by Gasteiger charge is -2.60. The third kappa shape index (κ3) is 3.80. The van der Waals surface area contributed by atoms with Gasteiger partial charge in [0.2, 0.25) is 0 Å². The van der Waals surface area contributed by atoms with Crippen molar-refractivity contribution in [1.82, 2.24) is 0 Å². The molecule has 31 heavy (non-hydrogen) atoms. The van der Waals surface area contributed by atoms with E-state index in [9.17, 15) is 14.7 Å². The molecule has 2 aliphatic carbocycles. The van der Waals surface area contributed by atoms with E-state index >= 15 is 0 Å². The Morgan fingerprint density at radius 3 is 2.87 bits per heavy atom. The highest BCUT2D eigenvalue weighted by atomic mass is 32.1. The van der Waals surface area contributed by atoms with Crippen molar-refractivity contribution in [1.29, 1.82) is 0 Å². The van der Waals surface area contributed by atoms with Crippen molar-refractivity contribution in [3.63, 3.8) is 0 Å². The first-order valence-electron chi connectivity index (χ1n) is 10.9. The molecule has 1 aromatic heterocycles. The van der Waals surface area contributed by atoms with Gasteiger partial charge in [-0.3, -0.25) is 0 Å². The largest absolute Gasteiger partial charge is 0.458 e. The molecule has 3 aliphatic rings. The summed E-state index contributed by atoms with van der Waals surface area (Å²) in [6.45, 7) is 8.66. The van der Waals surface area contributed by atoms with Crippen molar-refractivity contribution in [2.75, 3.05) is 6.61 Å². The van der Waals surface area contributed by atoms with Crippen molar-refractivity contribution < 1.29 is 24.2 Å². The van der Waals surface area contributed by atoms with E-state index in [1.165, 1.54) is 23.2 Å². The number of hydrogen-bond acceptors (Lipinski definition) is 6. The van der Waals surface area contributed by atoms with Crippen molar-refractivity contribution in [3.05, 3.63) is 58.5 Å². The molecule has 2 fully saturated rings. The van der Waals surface area contributed by atoms with Gasteiger partial charge in [-0.2, -0.15) is 0 Å². The SMILES string of the molecule is C=C1CCC2[C@](C)(CO)[C@H](OC(=O)c3cccs3)CC[C@@]2(C)[C@@H]1C/C=C1\C=COC1=O. The van der Waals surface area contributed by atoms with Crippen LogP contribution in [0, 0.1) is 22.7 Å². The Bertz CT molecular complexity index is 930. The van der Waals surface area contributed by atoms with Gasteiger partial charge in [-0.1, -0.05) is 38.1 Å². The topological polar surface area (TPSA) is 72.8 Å². The van der Waals surface area contributed by atoms with E-state index in [1.807, 2.05) is 17.5 Å². The number of aliphatic hydroxyl groups excluding tert-OH is 1. The highest BCUT2D eigenvalue weighted by Crippen LogP contribution is 2.62. The standard InChI is InChI=1S/C25H30O5S/c1-16-6-9-20-24(2,18(16)8-7-17-11-13-29-22(17)27)12-10-21(25(20,3)15-26)30-23(28)19-5-4-14-31-19/h4-5,7,11,13-14,18,20-21,26H,1,6,8-10,12,15H2,2-3H3/b17-7+/t18-,20?,21-,24+,25+/m1/s1. The molecule has 1 aliphatic heterocycles. The fraction of sp³-hybridized carbons (Fsp3) is 0.520. The third-order valence-electron chi connectivity index (χ3n) is 7.86. The number of hydrogen-bond donors (Lipinski definition) is 1. The zero-order chi connectivity index (χ0) is 22.2. The summed E-state index contributed by atoms with van der Waals surface area (Å²) in [5.41, 5.74) is 1.16. The van der Waals surface area contributed by atoms with Crippen LogP contribution >= 0.6 is 11.3 Å². The lowest BCUT2D eigenvalue weighted by atomic mass is 9.46. The summed E-state index contributed by atoms with van der Waals surface area (Å²) in [6, 6.07) is 3.61. The minimum absolute atomic E-state index is 0.0367. The van der Waals surface area contributed by atoms with E-state index in [0.717, 1.165) is 19.3 Å². The van der Waals surface area contributed by atoms with Crippen molar-refractivity contribution in [3.8, 4) is 0 Å². The molecule has 5 atom stereocenters. The maximum Gasteiger partial charge on any atom is 0.348 e. The smallest absolute Gasteiger partial charge is 0.348 e. The Balaban J connectivity index is 1.58. The molecule has 0 saturated heterocycles. The van der Waals surface area contributed by atoms with Crippen LogP contribution in [-0.4, -0.2) is 29.8 Å². The number of fused-ring (bicyclic) bond motifs is 1. The maximum absolute atomic E-state index is 12.6. The summed E-state index contributed by atoms with van der Waals surface area (Å²) in [4.78, 5) is 25.1. The van der Waals surface area contributed by atoms with Gasteiger partial charge in [0.1, 0.15) is 11.0 Å². The zero-order valence-corrected chi connectivity index (χ0v) is 19.0. The quantitative estimate of drug-likeness (QED) is 0.393. The summed E-state index contributed by atoms with van der Waals surface area (Å²) in [7, 11) is 0. The number of carbonyl (C=O) groups excluding carboxylic acids is 2. The minimum atomic E-state index is -0.530.